The molecule has 0 radical (unpaired) electrons. The largest absolute Gasteiger partial charge is 0.431 e. The third-order valence-corrected chi connectivity index (χ3v) is 2.88. The van der Waals surface area contributed by atoms with Crippen molar-refractivity contribution in [3.8, 4) is 11.6 Å². The van der Waals surface area contributed by atoms with Gasteiger partial charge in [0.15, 0.2) is 0 Å². The molecule has 8 heteroatoms. The lowest BCUT2D eigenvalue weighted by molar-refractivity contribution is -0.385. The molecule has 0 spiro atoms. The van der Waals surface area contributed by atoms with E-state index in [4.69, 9.17) is 15.9 Å². The molecule has 0 fully saturated rings. The minimum absolute atomic E-state index is 0.0272. The first kappa shape index (κ1) is 13.9. The second kappa shape index (κ2) is 5.66. The van der Waals surface area contributed by atoms with E-state index < -0.39 is 4.92 Å². The van der Waals surface area contributed by atoms with Crippen LogP contribution < -0.4 is 10.5 Å². The van der Waals surface area contributed by atoms with Gasteiger partial charge in [-0.3, -0.25) is 15.5 Å². The van der Waals surface area contributed by atoms with E-state index in [0.717, 1.165) is 0 Å². The first-order valence-corrected chi connectivity index (χ1v) is 6.19. The predicted molar refractivity (Wildman–Crippen MR) is 76.1 cm³/mol. The number of hydrogen-bond acceptors (Lipinski definition) is 5. The highest BCUT2D eigenvalue weighted by Gasteiger charge is 2.18. The summed E-state index contributed by atoms with van der Waals surface area (Å²) < 4.78 is 5.98. The van der Waals surface area contributed by atoms with Crippen LogP contribution in [0.2, 0.25) is 0 Å². The van der Waals surface area contributed by atoms with Crippen LogP contribution in [0.4, 0.5) is 5.69 Å². The van der Waals surface area contributed by atoms with Crippen LogP contribution in [0.15, 0.2) is 41.0 Å². The Labute approximate surface area is 122 Å². The van der Waals surface area contributed by atoms with E-state index in [1.165, 1.54) is 18.3 Å². The summed E-state index contributed by atoms with van der Waals surface area (Å²) in [7, 11) is 0. The second-order valence-electron chi connectivity index (χ2n) is 3.74. The fraction of sp³-hybridized carbons (Fsp3) is 0. The van der Waals surface area contributed by atoms with E-state index in [-0.39, 0.29) is 28.7 Å². The lowest BCUT2D eigenvalue weighted by Crippen LogP contribution is -2.13. The molecule has 0 aliphatic rings. The molecule has 0 bridgehead atoms. The van der Waals surface area contributed by atoms with E-state index in [1.54, 1.807) is 18.2 Å². The molecule has 0 saturated carbocycles. The van der Waals surface area contributed by atoms with E-state index in [2.05, 4.69) is 20.9 Å². The zero-order valence-electron chi connectivity index (χ0n) is 10.0. The Morgan fingerprint density at radius 1 is 1.45 bits per heavy atom. The summed E-state index contributed by atoms with van der Waals surface area (Å²) in [5, 5.41) is 18.4. The number of rotatable bonds is 4. The Bertz CT molecular complexity index is 690. The predicted octanol–water partition coefficient (Wildman–Crippen LogP) is 2.83. The molecular formula is C12H9BrN4O3. The summed E-state index contributed by atoms with van der Waals surface area (Å²) in [5.74, 6) is -0.155. The van der Waals surface area contributed by atoms with Gasteiger partial charge < -0.3 is 10.5 Å². The van der Waals surface area contributed by atoms with Crippen molar-refractivity contribution in [2.45, 2.75) is 0 Å². The third kappa shape index (κ3) is 2.91. The lowest BCUT2D eigenvalue weighted by atomic mass is 10.2. The Hall–Kier alpha value is -2.48. The number of nitrogen functional groups attached to an aromatic ring is 1. The quantitative estimate of drug-likeness (QED) is 0.385. The van der Waals surface area contributed by atoms with Crippen LogP contribution in [0.25, 0.3) is 0 Å². The van der Waals surface area contributed by atoms with Crippen LogP contribution in [-0.2, 0) is 0 Å². The van der Waals surface area contributed by atoms with Gasteiger partial charge in [-0.05, 0) is 24.3 Å². The fourth-order valence-corrected chi connectivity index (χ4v) is 1.85. The Morgan fingerprint density at radius 3 is 2.85 bits per heavy atom. The monoisotopic (exact) mass is 336 g/mol. The minimum atomic E-state index is -0.559. The van der Waals surface area contributed by atoms with Crippen molar-refractivity contribution >= 4 is 27.5 Å². The molecule has 0 unspecified atom stereocenters. The number of hydrogen-bond donors (Lipinski definition) is 2. The number of nitro groups is 1. The maximum atomic E-state index is 11.0. The summed E-state index contributed by atoms with van der Waals surface area (Å²) in [4.78, 5) is 14.4. The molecule has 1 heterocycles. The molecule has 2 aromatic rings. The summed E-state index contributed by atoms with van der Waals surface area (Å²) in [6.07, 6.45) is 1.45. The van der Waals surface area contributed by atoms with Gasteiger partial charge in [-0.1, -0.05) is 15.9 Å². The zero-order chi connectivity index (χ0) is 14.7. The highest BCUT2D eigenvalue weighted by atomic mass is 79.9. The summed E-state index contributed by atoms with van der Waals surface area (Å²) in [6, 6.07) is 7.53. The SMILES string of the molecule is N=C(N)c1cccnc1Oc1ccc(Br)cc1[N+](=O)[O-]. The zero-order valence-corrected chi connectivity index (χ0v) is 11.6. The van der Waals surface area contributed by atoms with Crippen molar-refractivity contribution in [2.24, 2.45) is 5.73 Å². The van der Waals surface area contributed by atoms with Crippen LogP contribution in [0.5, 0.6) is 11.6 Å². The first-order valence-electron chi connectivity index (χ1n) is 5.40. The van der Waals surface area contributed by atoms with Crippen LogP contribution in [-0.4, -0.2) is 15.7 Å². The molecule has 7 nitrogen and oxygen atoms in total. The van der Waals surface area contributed by atoms with Crippen molar-refractivity contribution in [3.63, 3.8) is 0 Å². The molecule has 1 aromatic heterocycles. The average molecular weight is 337 g/mol. The van der Waals surface area contributed by atoms with Gasteiger partial charge >= 0.3 is 5.69 Å². The average Bonchev–Trinajstić information content (AvgIpc) is 2.41. The maximum absolute atomic E-state index is 11.0. The Morgan fingerprint density at radius 2 is 2.20 bits per heavy atom. The number of nitrogens with one attached hydrogen (secondary N) is 1. The van der Waals surface area contributed by atoms with Gasteiger partial charge in [-0.15, -0.1) is 0 Å². The molecule has 3 N–H and O–H groups in total. The first-order chi connectivity index (χ1) is 9.49. The summed E-state index contributed by atoms with van der Waals surface area (Å²) in [6.45, 7) is 0. The van der Waals surface area contributed by atoms with Gasteiger partial charge in [0, 0.05) is 16.7 Å². The molecule has 2 rings (SSSR count). The van der Waals surface area contributed by atoms with Crippen LogP contribution in [0.1, 0.15) is 5.56 Å². The standard InChI is InChI=1S/C12H9BrN4O3/c13-7-3-4-10(9(6-7)17(18)19)20-12-8(11(14)15)2-1-5-16-12/h1-6H,(H3,14,15). The van der Waals surface area contributed by atoms with E-state index >= 15 is 0 Å². The second-order valence-corrected chi connectivity index (χ2v) is 4.66. The smallest absolute Gasteiger partial charge is 0.312 e. The molecule has 1 aromatic carbocycles. The molecule has 102 valence electrons. The minimum Gasteiger partial charge on any atom is -0.431 e. The number of aromatic nitrogens is 1. The van der Waals surface area contributed by atoms with Crippen molar-refractivity contribution < 1.29 is 9.66 Å². The van der Waals surface area contributed by atoms with Crippen molar-refractivity contribution in [1.29, 1.82) is 5.41 Å². The van der Waals surface area contributed by atoms with Crippen LogP contribution in [0.3, 0.4) is 0 Å². The fourth-order valence-electron chi connectivity index (χ4n) is 1.50. The highest BCUT2D eigenvalue weighted by Crippen LogP contribution is 2.33. The Balaban J connectivity index is 2.45. The number of pyridine rings is 1. The van der Waals surface area contributed by atoms with Gasteiger partial charge in [0.25, 0.3) is 0 Å². The molecule has 20 heavy (non-hydrogen) atoms. The molecular weight excluding hydrogens is 328 g/mol. The van der Waals surface area contributed by atoms with Crippen molar-refractivity contribution in [3.05, 3.63) is 56.7 Å². The molecule has 0 atom stereocenters. The van der Waals surface area contributed by atoms with Gasteiger partial charge in [-0.25, -0.2) is 4.98 Å². The van der Waals surface area contributed by atoms with Crippen molar-refractivity contribution in [1.82, 2.24) is 4.98 Å². The van der Waals surface area contributed by atoms with Gasteiger partial charge in [0.2, 0.25) is 11.6 Å². The number of benzene rings is 1. The molecule has 0 aliphatic carbocycles. The number of amidine groups is 1. The molecule has 0 saturated heterocycles. The molecule has 0 aliphatic heterocycles. The number of halogens is 1. The summed E-state index contributed by atoms with van der Waals surface area (Å²) in [5.41, 5.74) is 5.47. The van der Waals surface area contributed by atoms with E-state index in [9.17, 15) is 10.1 Å². The van der Waals surface area contributed by atoms with E-state index in [1.807, 2.05) is 0 Å². The van der Waals surface area contributed by atoms with Crippen LogP contribution in [0, 0.1) is 15.5 Å². The molecule has 0 amide bonds. The highest BCUT2D eigenvalue weighted by molar-refractivity contribution is 9.10. The summed E-state index contributed by atoms with van der Waals surface area (Å²) >= 11 is 3.16. The third-order valence-electron chi connectivity index (χ3n) is 2.39. The van der Waals surface area contributed by atoms with Crippen molar-refractivity contribution in [2.75, 3.05) is 0 Å². The van der Waals surface area contributed by atoms with E-state index in [0.29, 0.717) is 4.47 Å². The number of ether oxygens (including phenoxy) is 1. The number of nitro benzene ring substituents is 1. The topological polar surface area (TPSA) is 115 Å². The number of nitrogens with zero attached hydrogens (tertiary/aromatic N) is 2. The Kier molecular flexibility index (Phi) is 3.94. The van der Waals surface area contributed by atoms with Crippen LogP contribution >= 0.6 is 15.9 Å². The lowest BCUT2D eigenvalue weighted by Gasteiger charge is -2.09. The van der Waals surface area contributed by atoms with Gasteiger partial charge in [0.05, 0.1) is 10.5 Å². The normalized spacial score (nSPS) is 10.1. The number of nitrogens with two attached hydrogens (primary N) is 1. The van der Waals surface area contributed by atoms with Gasteiger partial charge in [0.1, 0.15) is 5.84 Å². The van der Waals surface area contributed by atoms with Gasteiger partial charge in [-0.2, -0.15) is 0 Å². The maximum Gasteiger partial charge on any atom is 0.312 e.